The van der Waals surface area contributed by atoms with E-state index in [9.17, 15) is 14.9 Å². The molecule has 0 aromatic heterocycles. The lowest BCUT2D eigenvalue weighted by Crippen LogP contribution is -2.49. The summed E-state index contributed by atoms with van der Waals surface area (Å²) in [6.07, 6.45) is 0. The minimum Gasteiger partial charge on any atom is -0.492 e. The molecule has 0 aliphatic carbocycles. The third kappa shape index (κ3) is 4.62. The zero-order valence-corrected chi connectivity index (χ0v) is 15.3. The Bertz CT molecular complexity index is 802. The average molecular weight is 369 g/mol. The molecule has 0 saturated carbocycles. The first kappa shape index (κ1) is 18.8. The molecule has 2 aromatic rings. The second-order valence-electron chi connectivity index (χ2n) is 6.50. The van der Waals surface area contributed by atoms with E-state index in [4.69, 9.17) is 4.74 Å². The molecule has 7 heteroatoms. The fourth-order valence-electron chi connectivity index (χ4n) is 3.21. The van der Waals surface area contributed by atoms with Gasteiger partial charge in [0.1, 0.15) is 12.4 Å². The Hall–Kier alpha value is -2.93. The largest absolute Gasteiger partial charge is 0.492 e. The summed E-state index contributed by atoms with van der Waals surface area (Å²) in [6, 6.07) is 14.3. The lowest BCUT2D eigenvalue weighted by molar-refractivity contribution is -0.385. The van der Waals surface area contributed by atoms with Gasteiger partial charge in [-0.15, -0.1) is 0 Å². The molecular formula is C20H23N3O4. The standard InChI is InChI=1S/C20H23N3O4/c1-16-18(8-5-9-19(16)23(25)26)20(24)22-12-10-21(11-13-22)14-15-27-17-6-3-2-4-7-17/h2-9H,10-15H2,1H3. The van der Waals surface area contributed by atoms with Crippen molar-refractivity contribution in [3.8, 4) is 5.75 Å². The predicted octanol–water partition coefficient (Wildman–Crippen LogP) is 2.74. The predicted molar refractivity (Wildman–Crippen MR) is 102 cm³/mol. The molecule has 1 fully saturated rings. The van der Waals surface area contributed by atoms with Crippen LogP contribution in [-0.2, 0) is 0 Å². The van der Waals surface area contributed by atoms with Crippen molar-refractivity contribution in [3.05, 3.63) is 69.8 Å². The molecule has 0 spiro atoms. The Morgan fingerprint density at radius 2 is 1.78 bits per heavy atom. The topological polar surface area (TPSA) is 75.9 Å². The van der Waals surface area contributed by atoms with E-state index in [0.29, 0.717) is 30.8 Å². The van der Waals surface area contributed by atoms with Crippen molar-refractivity contribution in [1.82, 2.24) is 9.80 Å². The molecule has 27 heavy (non-hydrogen) atoms. The summed E-state index contributed by atoms with van der Waals surface area (Å²) in [5.74, 6) is 0.712. The van der Waals surface area contributed by atoms with Crippen LogP contribution in [0.5, 0.6) is 5.75 Å². The van der Waals surface area contributed by atoms with Crippen LogP contribution in [0.25, 0.3) is 0 Å². The average Bonchev–Trinajstić information content (AvgIpc) is 2.69. The van der Waals surface area contributed by atoms with Gasteiger partial charge in [-0.3, -0.25) is 19.8 Å². The van der Waals surface area contributed by atoms with E-state index in [-0.39, 0.29) is 11.6 Å². The SMILES string of the molecule is Cc1c(C(=O)N2CCN(CCOc3ccccc3)CC2)cccc1[N+](=O)[O-]. The van der Waals surface area contributed by atoms with Gasteiger partial charge in [0.2, 0.25) is 0 Å². The van der Waals surface area contributed by atoms with Crippen molar-refractivity contribution in [3.63, 3.8) is 0 Å². The highest BCUT2D eigenvalue weighted by atomic mass is 16.6. The first-order valence-electron chi connectivity index (χ1n) is 9.00. The summed E-state index contributed by atoms with van der Waals surface area (Å²) >= 11 is 0. The first-order valence-corrected chi connectivity index (χ1v) is 9.00. The molecule has 0 atom stereocenters. The van der Waals surface area contributed by atoms with Gasteiger partial charge in [-0.25, -0.2) is 0 Å². The molecule has 1 aliphatic heterocycles. The van der Waals surface area contributed by atoms with Crippen LogP contribution in [0.4, 0.5) is 5.69 Å². The van der Waals surface area contributed by atoms with Gasteiger partial charge in [0.15, 0.2) is 0 Å². The molecule has 142 valence electrons. The van der Waals surface area contributed by atoms with Crippen molar-refractivity contribution >= 4 is 11.6 Å². The highest BCUT2D eigenvalue weighted by molar-refractivity contribution is 5.96. The van der Waals surface area contributed by atoms with Gasteiger partial charge in [-0.05, 0) is 25.1 Å². The fraction of sp³-hybridized carbons (Fsp3) is 0.350. The number of hydrogen-bond donors (Lipinski definition) is 0. The summed E-state index contributed by atoms with van der Waals surface area (Å²) < 4.78 is 5.72. The summed E-state index contributed by atoms with van der Waals surface area (Å²) in [7, 11) is 0. The van der Waals surface area contributed by atoms with Crippen LogP contribution in [0.2, 0.25) is 0 Å². The Morgan fingerprint density at radius 1 is 1.07 bits per heavy atom. The number of nitro groups is 1. The van der Waals surface area contributed by atoms with Gasteiger partial charge in [0, 0.05) is 49.9 Å². The number of amides is 1. The number of piperazine rings is 1. The van der Waals surface area contributed by atoms with Crippen LogP contribution in [0.15, 0.2) is 48.5 Å². The third-order valence-corrected chi connectivity index (χ3v) is 4.81. The van der Waals surface area contributed by atoms with Crippen LogP contribution in [0, 0.1) is 17.0 Å². The van der Waals surface area contributed by atoms with E-state index in [2.05, 4.69) is 4.90 Å². The maximum Gasteiger partial charge on any atom is 0.273 e. The number of hydrogen-bond acceptors (Lipinski definition) is 5. The summed E-state index contributed by atoms with van der Waals surface area (Å²) in [6.45, 7) is 5.76. The van der Waals surface area contributed by atoms with Crippen molar-refractivity contribution in [2.45, 2.75) is 6.92 Å². The molecule has 0 bridgehead atoms. The molecule has 0 unspecified atom stereocenters. The molecule has 1 aliphatic rings. The van der Waals surface area contributed by atoms with Crippen molar-refractivity contribution in [2.24, 2.45) is 0 Å². The van der Waals surface area contributed by atoms with E-state index in [1.54, 1.807) is 24.0 Å². The van der Waals surface area contributed by atoms with E-state index >= 15 is 0 Å². The fourth-order valence-corrected chi connectivity index (χ4v) is 3.21. The number of rotatable bonds is 6. The van der Waals surface area contributed by atoms with Crippen LogP contribution in [0.3, 0.4) is 0 Å². The molecule has 1 saturated heterocycles. The highest BCUT2D eigenvalue weighted by Crippen LogP contribution is 2.22. The Labute approximate surface area is 158 Å². The molecule has 2 aromatic carbocycles. The molecule has 7 nitrogen and oxygen atoms in total. The second-order valence-corrected chi connectivity index (χ2v) is 6.50. The van der Waals surface area contributed by atoms with Crippen LogP contribution >= 0.6 is 0 Å². The molecular weight excluding hydrogens is 346 g/mol. The number of nitrogens with zero attached hydrogens (tertiary/aromatic N) is 3. The highest BCUT2D eigenvalue weighted by Gasteiger charge is 2.25. The summed E-state index contributed by atoms with van der Waals surface area (Å²) in [4.78, 5) is 27.4. The van der Waals surface area contributed by atoms with Crippen LogP contribution in [-0.4, -0.2) is 60.0 Å². The van der Waals surface area contributed by atoms with E-state index < -0.39 is 4.92 Å². The normalized spacial score (nSPS) is 14.8. The van der Waals surface area contributed by atoms with Crippen molar-refractivity contribution in [2.75, 3.05) is 39.3 Å². The Balaban J connectivity index is 1.51. The number of carbonyl (C=O) groups excluding carboxylic acids is 1. The lowest BCUT2D eigenvalue weighted by atomic mass is 10.1. The minimum absolute atomic E-state index is 0.0162. The van der Waals surface area contributed by atoms with E-state index in [1.807, 2.05) is 30.3 Å². The maximum absolute atomic E-state index is 12.8. The van der Waals surface area contributed by atoms with Crippen molar-refractivity contribution in [1.29, 1.82) is 0 Å². The van der Waals surface area contributed by atoms with Gasteiger partial charge >= 0.3 is 0 Å². The number of carbonyl (C=O) groups is 1. The first-order chi connectivity index (χ1) is 13.1. The Kier molecular flexibility index (Phi) is 6.03. The number of para-hydroxylation sites is 1. The molecule has 0 radical (unpaired) electrons. The van der Waals surface area contributed by atoms with Gasteiger partial charge < -0.3 is 9.64 Å². The number of benzene rings is 2. The van der Waals surface area contributed by atoms with E-state index in [0.717, 1.165) is 25.4 Å². The smallest absolute Gasteiger partial charge is 0.273 e. The van der Waals surface area contributed by atoms with Gasteiger partial charge in [-0.1, -0.05) is 24.3 Å². The van der Waals surface area contributed by atoms with Gasteiger partial charge in [0.25, 0.3) is 11.6 Å². The van der Waals surface area contributed by atoms with Gasteiger partial charge in [-0.2, -0.15) is 0 Å². The van der Waals surface area contributed by atoms with E-state index in [1.165, 1.54) is 6.07 Å². The zero-order valence-electron chi connectivity index (χ0n) is 15.3. The second kappa shape index (κ2) is 8.64. The monoisotopic (exact) mass is 369 g/mol. The van der Waals surface area contributed by atoms with Crippen LogP contribution < -0.4 is 4.74 Å². The van der Waals surface area contributed by atoms with Crippen molar-refractivity contribution < 1.29 is 14.5 Å². The Morgan fingerprint density at radius 3 is 2.44 bits per heavy atom. The minimum atomic E-state index is -0.448. The molecule has 1 amide bonds. The van der Waals surface area contributed by atoms with Crippen LogP contribution in [0.1, 0.15) is 15.9 Å². The zero-order chi connectivity index (χ0) is 19.2. The molecule has 1 heterocycles. The summed E-state index contributed by atoms with van der Waals surface area (Å²) in [5, 5.41) is 11.1. The number of ether oxygens (including phenoxy) is 1. The maximum atomic E-state index is 12.8. The molecule has 0 N–H and O–H groups in total. The summed E-state index contributed by atoms with van der Waals surface area (Å²) in [5.41, 5.74) is 0.814. The molecule has 3 rings (SSSR count). The number of nitro benzene ring substituents is 1. The van der Waals surface area contributed by atoms with Gasteiger partial charge in [0.05, 0.1) is 4.92 Å². The third-order valence-electron chi connectivity index (χ3n) is 4.81. The quantitative estimate of drug-likeness (QED) is 0.578. The lowest BCUT2D eigenvalue weighted by Gasteiger charge is -2.34.